The van der Waals surface area contributed by atoms with Gasteiger partial charge < -0.3 is 20.3 Å². The van der Waals surface area contributed by atoms with E-state index < -0.39 is 16.6 Å². The monoisotopic (exact) mass is 424 g/mol. The largest absolute Gasteiger partial charge is 0.416 e. The van der Waals surface area contributed by atoms with Crippen LogP contribution in [0.1, 0.15) is 52.7 Å². The third-order valence-electron chi connectivity index (χ3n) is 6.75. The Morgan fingerprint density at radius 3 is 1.21 bits per heavy atom. The second-order valence-electron chi connectivity index (χ2n) is 10.9. The van der Waals surface area contributed by atoms with Gasteiger partial charge in [0.05, 0.1) is 0 Å². The van der Waals surface area contributed by atoms with E-state index in [9.17, 15) is 0 Å². The summed E-state index contributed by atoms with van der Waals surface area (Å²) < 4.78 is 12.7. The summed E-state index contributed by atoms with van der Waals surface area (Å²) in [4.78, 5) is 0. The molecule has 0 aromatic heterocycles. The van der Waals surface area contributed by atoms with Crippen LogP contribution in [0.4, 0.5) is 11.4 Å². The molecule has 0 radical (unpaired) electrons. The van der Waals surface area contributed by atoms with E-state index in [1.807, 2.05) is 12.1 Å². The van der Waals surface area contributed by atoms with Crippen molar-refractivity contribution in [1.82, 2.24) is 0 Å². The van der Waals surface area contributed by atoms with Gasteiger partial charge in [0.25, 0.3) is 0 Å². The summed E-state index contributed by atoms with van der Waals surface area (Å²) in [6.07, 6.45) is 1.58. The van der Waals surface area contributed by atoms with Crippen molar-refractivity contribution in [3.8, 4) is 0 Å². The van der Waals surface area contributed by atoms with Crippen LogP contribution in [-0.4, -0.2) is 29.8 Å². The lowest BCUT2D eigenvalue weighted by Crippen LogP contribution is -2.41. The Hall–Kier alpha value is -0.826. The molecule has 28 heavy (non-hydrogen) atoms. The van der Waals surface area contributed by atoms with Crippen molar-refractivity contribution in [2.45, 2.75) is 90.6 Å². The van der Waals surface area contributed by atoms with Gasteiger partial charge in [-0.05, 0) is 72.4 Å². The number of anilines is 2. The maximum atomic E-state index is 6.37. The number of hydrogen-bond acceptors (Lipinski definition) is 4. The van der Waals surface area contributed by atoms with Crippen LogP contribution in [0.2, 0.25) is 36.3 Å². The second kappa shape index (κ2) is 8.90. The average Bonchev–Trinajstić information content (AvgIpc) is 2.50. The highest BCUT2D eigenvalue weighted by molar-refractivity contribution is 6.74. The van der Waals surface area contributed by atoms with Crippen LogP contribution in [0.3, 0.4) is 0 Å². The lowest BCUT2D eigenvalue weighted by molar-refractivity contribution is 0.286. The molecule has 4 nitrogen and oxygen atoms in total. The molecule has 6 heteroatoms. The Labute approximate surface area is 175 Å². The molecule has 0 saturated heterocycles. The molecule has 1 aromatic carbocycles. The smallest absolute Gasteiger partial charge is 0.191 e. The Bertz CT molecular complexity index is 603. The Kier molecular flexibility index (Phi) is 8.01. The Balaban J connectivity index is 2.87. The van der Waals surface area contributed by atoms with E-state index >= 15 is 0 Å². The van der Waals surface area contributed by atoms with Crippen molar-refractivity contribution >= 4 is 28.0 Å². The Morgan fingerprint density at radius 1 is 0.679 bits per heavy atom. The molecule has 0 aliphatic heterocycles. The molecule has 0 bridgehead atoms. The van der Waals surface area contributed by atoms with Gasteiger partial charge in [0, 0.05) is 24.6 Å². The maximum Gasteiger partial charge on any atom is 0.191 e. The van der Waals surface area contributed by atoms with Gasteiger partial charge in [-0.1, -0.05) is 41.5 Å². The molecule has 162 valence electrons. The van der Waals surface area contributed by atoms with E-state index in [0.717, 1.165) is 35.3 Å². The maximum absolute atomic E-state index is 6.37. The molecule has 0 aliphatic rings. The highest BCUT2D eigenvalue weighted by Crippen LogP contribution is 2.38. The minimum atomic E-state index is -1.77. The number of rotatable bonds is 8. The first-order valence-corrected chi connectivity index (χ1v) is 16.2. The number of nitrogens with two attached hydrogens (primary N) is 2. The zero-order valence-electron chi connectivity index (χ0n) is 20.0. The first kappa shape index (κ1) is 25.2. The van der Waals surface area contributed by atoms with Gasteiger partial charge >= 0.3 is 0 Å². The summed E-state index contributed by atoms with van der Waals surface area (Å²) in [5.74, 6) is 0. The molecule has 0 spiro atoms. The van der Waals surface area contributed by atoms with Crippen LogP contribution in [0.5, 0.6) is 0 Å². The average molecular weight is 425 g/mol. The molecular weight excluding hydrogens is 380 g/mol. The lowest BCUT2D eigenvalue weighted by Gasteiger charge is -2.36. The van der Waals surface area contributed by atoms with Crippen molar-refractivity contribution in [2.75, 3.05) is 24.7 Å². The first-order valence-electron chi connectivity index (χ1n) is 10.4. The zero-order chi connectivity index (χ0) is 22.0. The van der Waals surface area contributed by atoms with E-state index in [4.69, 9.17) is 20.3 Å². The van der Waals surface area contributed by atoms with E-state index in [1.165, 1.54) is 0 Å². The molecule has 0 atom stereocenters. The van der Waals surface area contributed by atoms with Crippen molar-refractivity contribution in [3.05, 3.63) is 23.3 Å². The highest BCUT2D eigenvalue weighted by atomic mass is 28.4. The summed E-state index contributed by atoms with van der Waals surface area (Å²) in [5.41, 5.74) is 16.5. The molecular formula is C22H44N2O2Si2. The van der Waals surface area contributed by atoms with E-state index in [0.29, 0.717) is 13.2 Å². The van der Waals surface area contributed by atoms with Crippen molar-refractivity contribution in [3.63, 3.8) is 0 Å². The molecule has 0 amide bonds. The minimum Gasteiger partial charge on any atom is -0.416 e. The van der Waals surface area contributed by atoms with E-state index in [-0.39, 0.29) is 10.1 Å². The first-order chi connectivity index (χ1) is 12.5. The van der Waals surface area contributed by atoms with Gasteiger partial charge in [-0.2, -0.15) is 0 Å². The van der Waals surface area contributed by atoms with E-state index in [1.54, 1.807) is 0 Å². The normalized spacial score (nSPS) is 13.8. The Morgan fingerprint density at radius 2 is 0.964 bits per heavy atom. The minimum absolute atomic E-state index is 0.202. The van der Waals surface area contributed by atoms with Crippen molar-refractivity contribution < 1.29 is 8.85 Å². The zero-order valence-corrected chi connectivity index (χ0v) is 22.0. The lowest BCUT2D eigenvalue weighted by atomic mass is 9.98. The van der Waals surface area contributed by atoms with Crippen LogP contribution in [0.15, 0.2) is 12.1 Å². The van der Waals surface area contributed by atoms with Crippen LogP contribution in [0.25, 0.3) is 0 Å². The van der Waals surface area contributed by atoms with Gasteiger partial charge in [-0.25, -0.2) is 0 Å². The molecule has 0 unspecified atom stereocenters. The van der Waals surface area contributed by atoms with Crippen LogP contribution < -0.4 is 11.5 Å². The fourth-order valence-electron chi connectivity index (χ4n) is 2.57. The van der Waals surface area contributed by atoms with Gasteiger partial charge in [-0.3, -0.25) is 0 Å². The highest BCUT2D eigenvalue weighted by Gasteiger charge is 2.38. The van der Waals surface area contributed by atoms with Gasteiger partial charge in [0.15, 0.2) is 16.6 Å². The molecule has 4 N–H and O–H groups in total. The summed E-state index contributed by atoms with van der Waals surface area (Å²) in [6.45, 7) is 24.1. The summed E-state index contributed by atoms with van der Waals surface area (Å²) >= 11 is 0. The van der Waals surface area contributed by atoms with Gasteiger partial charge in [0.2, 0.25) is 0 Å². The summed E-state index contributed by atoms with van der Waals surface area (Å²) in [6, 6.07) is 3.82. The molecule has 1 rings (SSSR count). The van der Waals surface area contributed by atoms with Crippen molar-refractivity contribution in [1.29, 1.82) is 0 Å². The van der Waals surface area contributed by atoms with E-state index in [2.05, 4.69) is 67.7 Å². The van der Waals surface area contributed by atoms with Crippen LogP contribution >= 0.6 is 0 Å². The van der Waals surface area contributed by atoms with Gasteiger partial charge in [0.1, 0.15) is 0 Å². The molecule has 0 saturated carbocycles. The number of benzene rings is 1. The quantitative estimate of drug-likeness (QED) is 0.398. The second-order valence-corrected chi connectivity index (χ2v) is 20.5. The molecule has 0 fully saturated rings. The number of nitrogen functional groups attached to an aromatic ring is 2. The summed E-state index contributed by atoms with van der Waals surface area (Å²) in [7, 11) is -3.54. The standard InChI is InChI=1S/C22H44N2O2Si2/c1-21(2,3)27(7,8)25-15-13-17-18(20(24)12-11-19(17)23)14-16-26-28(9,10)22(4,5)6/h11-12H,13-16,23-24H2,1-10H3. The molecule has 0 heterocycles. The fourth-order valence-corrected chi connectivity index (χ4v) is 4.66. The number of hydrogen-bond donors (Lipinski definition) is 2. The van der Waals surface area contributed by atoms with Gasteiger partial charge in [-0.15, -0.1) is 0 Å². The molecule has 0 aliphatic carbocycles. The van der Waals surface area contributed by atoms with Crippen LogP contribution in [0, 0.1) is 0 Å². The summed E-state index contributed by atoms with van der Waals surface area (Å²) in [5, 5.41) is 0.405. The molecule has 1 aromatic rings. The third kappa shape index (κ3) is 6.34. The predicted octanol–water partition coefficient (Wildman–Crippen LogP) is 5.98. The fraction of sp³-hybridized carbons (Fsp3) is 0.727. The SMILES string of the molecule is CC(C)(C)[Si](C)(C)OCCc1c(N)ccc(N)c1CCO[Si](C)(C)C(C)(C)C. The van der Waals surface area contributed by atoms with Crippen molar-refractivity contribution in [2.24, 2.45) is 0 Å². The van der Waals surface area contributed by atoms with Crippen LogP contribution in [-0.2, 0) is 21.7 Å². The topological polar surface area (TPSA) is 70.5 Å². The third-order valence-corrected chi connectivity index (χ3v) is 15.8. The predicted molar refractivity (Wildman–Crippen MR) is 129 cm³/mol.